The van der Waals surface area contributed by atoms with Crippen molar-refractivity contribution in [3.8, 4) is 0 Å². The Hall–Kier alpha value is -3.91. The van der Waals surface area contributed by atoms with E-state index < -0.39 is 0 Å². The van der Waals surface area contributed by atoms with Crippen LogP contribution in [0.2, 0.25) is 0 Å². The largest absolute Gasteiger partial charge is 0.355 e. The van der Waals surface area contributed by atoms with Crippen LogP contribution in [0.4, 0.5) is 0 Å². The molecule has 1 aliphatic carbocycles. The van der Waals surface area contributed by atoms with Crippen LogP contribution in [-0.2, 0) is 6.42 Å². The van der Waals surface area contributed by atoms with Gasteiger partial charge in [0, 0.05) is 41.6 Å². The molecule has 2 aromatic carbocycles. The summed E-state index contributed by atoms with van der Waals surface area (Å²) < 4.78 is 2.31. The van der Waals surface area contributed by atoms with Gasteiger partial charge in [0.15, 0.2) is 0 Å². The van der Waals surface area contributed by atoms with Crippen LogP contribution in [0.15, 0.2) is 90.7 Å². The summed E-state index contributed by atoms with van der Waals surface area (Å²) in [5, 5.41) is 0. The summed E-state index contributed by atoms with van der Waals surface area (Å²) >= 11 is 0. The molecule has 1 aliphatic heterocycles. The highest BCUT2D eigenvalue weighted by Gasteiger charge is 2.31. The maximum absolute atomic E-state index is 4.05. The second kappa shape index (κ2) is 10.6. The van der Waals surface area contributed by atoms with E-state index in [0.29, 0.717) is 0 Å². The summed E-state index contributed by atoms with van der Waals surface area (Å²) in [5.74, 6) is 0. The number of hydrogen-bond donors (Lipinski definition) is 1. The highest BCUT2D eigenvalue weighted by atomic mass is 15.0. The van der Waals surface area contributed by atoms with Crippen molar-refractivity contribution in [2.75, 3.05) is 7.05 Å². The van der Waals surface area contributed by atoms with E-state index in [1.807, 2.05) is 6.08 Å². The standard InChI is InChI=1S/C35H36N2/c1-6-8-9-26-12-16-29(17-13-26)30-19-31-20-33(37(5)35(31)22-30)23-32-18-25(4)34(36-32)21-27(7-2)28-14-10-24(3)11-15-28/h7,10-18,20-23H,2,6,8-9,19H2,1,3-5H3/p+1/b27-21+. The third kappa shape index (κ3) is 5.29. The van der Waals surface area contributed by atoms with E-state index in [-0.39, 0.29) is 0 Å². The van der Waals surface area contributed by atoms with E-state index in [9.17, 15) is 0 Å². The summed E-state index contributed by atoms with van der Waals surface area (Å²) in [6.45, 7) is 10.6. The molecule has 37 heavy (non-hydrogen) atoms. The lowest BCUT2D eigenvalue weighted by atomic mass is 10.0. The highest BCUT2D eigenvalue weighted by molar-refractivity contribution is 6.16. The molecule has 1 N–H and O–H groups in total. The SMILES string of the molecule is C=C/C(=C\c1[nH]c(/C=C2/C=C3CC(c4ccc(CCCC)cc4)=CC3=[N+]2C)cc1C)c1ccc(C)cc1. The third-order valence-corrected chi connectivity index (χ3v) is 7.52. The monoisotopic (exact) mass is 485 g/mol. The number of aryl methyl sites for hydroxylation is 3. The molecule has 0 unspecified atom stereocenters. The lowest BCUT2D eigenvalue weighted by Crippen LogP contribution is -2.07. The van der Waals surface area contributed by atoms with Crippen molar-refractivity contribution in [1.29, 1.82) is 0 Å². The number of nitrogens with one attached hydrogen (secondary N) is 1. The highest BCUT2D eigenvalue weighted by Crippen LogP contribution is 2.35. The van der Waals surface area contributed by atoms with Crippen LogP contribution in [0.1, 0.15) is 65.4 Å². The second-order valence-corrected chi connectivity index (χ2v) is 10.3. The van der Waals surface area contributed by atoms with Crippen LogP contribution in [0.3, 0.4) is 0 Å². The molecule has 0 atom stereocenters. The van der Waals surface area contributed by atoms with Gasteiger partial charge in [-0.1, -0.05) is 80.1 Å². The summed E-state index contributed by atoms with van der Waals surface area (Å²) in [6.07, 6.45) is 15.7. The minimum atomic E-state index is 0.988. The smallest absolute Gasteiger partial charge is 0.209 e. The van der Waals surface area contributed by atoms with Crippen molar-refractivity contribution in [3.63, 3.8) is 0 Å². The predicted octanol–water partition coefficient (Wildman–Crippen LogP) is 8.55. The van der Waals surface area contributed by atoms with E-state index in [4.69, 9.17) is 0 Å². The Bertz CT molecular complexity index is 1480. The first-order chi connectivity index (χ1) is 17.9. The maximum atomic E-state index is 4.05. The Labute approximate surface area is 221 Å². The molecular formula is C35H37N2+. The average molecular weight is 486 g/mol. The van der Waals surface area contributed by atoms with Crippen molar-refractivity contribution in [2.45, 2.75) is 46.5 Å². The van der Waals surface area contributed by atoms with Crippen molar-refractivity contribution >= 4 is 29.0 Å². The van der Waals surface area contributed by atoms with Gasteiger partial charge >= 0.3 is 0 Å². The van der Waals surface area contributed by atoms with Gasteiger partial charge in [0.05, 0.1) is 0 Å². The molecule has 2 heteroatoms. The fourth-order valence-corrected chi connectivity index (χ4v) is 5.20. The summed E-state index contributed by atoms with van der Waals surface area (Å²) in [7, 11) is 2.17. The number of hydrogen-bond acceptors (Lipinski definition) is 0. The van der Waals surface area contributed by atoms with Crippen molar-refractivity contribution in [1.82, 2.24) is 4.98 Å². The van der Waals surface area contributed by atoms with Crippen LogP contribution in [0.25, 0.3) is 23.3 Å². The van der Waals surface area contributed by atoms with Gasteiger partial charge in [-0.15, -0.1) is 0 Å². The maximum Gasteiger partial charge on any atom is 0.209 e. The first kappa shape index (κ1) is 24.8. The predicted molar refractivity (Wildman–Crippen MR) is 160 cm³/mol. The van der Waals surface area contributed by atoms with Gasteiger partial charge in [-0.3, -0.25) is 0 Å². The molecule has 0 saturated carbocycles. The first-order valence-electron chi connectivity index (χ1n) is 13.4. The number of rotatable bonds is 8. The number of aromatic amines is 1. The zero-order valence-corrected chi connectivity index (χ0v) is 22.6. The van der Waals surface area contributed by atoms with Gasteiger partial charge in [0.25, 0.3) is 0 Å². The lowest BCUT2D eigenvalue weighted by Gasteiger charge is -2.04. The normalized spacial score (nSPS) is 16.3. The summed E-state index contributed by atoms with van der Waals surface area (Å²) in [6, 6.07) is 20.0. The van der Waals surface area contributed by atoms with Gasteiger partial charge in [0.1, 0.15) is 7.05 Å². The molecule has 186 valence electrons. The molecule has 3 aromatic rings. The Morgan fingerprint density at radius 1 is 1.00 bits per heavy atom. The number of likely N-dealkylation sites (N-methyl/N-ethyl adjacent to an activating group) is 1. The topological polar surface area (TPSA) is 18.8 Å². The Kier molecular flexibility index (Phi) is 7.10. The van der Waals surface area contributed by atoms with Crippen molar-refractivity contribution < 1.29 is 4.58 Å². The molecule has 0 saturated heterocycles. The van der Waals surface area contributed by atoms with E-state index in [0.717, 1.165) is 23.4 Å². The number of benzene rings is 2. The number of allylic oxidation sites excluding steroid dienone is 6. The molecule has 2 aliphatic rings. The molecule has 0 spiro atoms. The number of fused-ring (bicyclic) bond motifs is 1. The fourth-order valence-electron chi connectivity index (χ4n) is 5.20. The van der Waals surface area contributed by atoms with Gasteiger partial charge in [0.2, 0.25) is 11.4 Å². The Balaban J connectivity index is 1.37. The molecule has 2 nitrogen and oxygen atoms in total. The van der Waals surface area contributed by atoms with E-state index >= 15 is 0 Å². The quantitative estimate of drug-likeness (QED) is 0.243. The molecule has 0 radical (unpaired) electrons. The zero-order valence-electron chi connectivity index (χ0n) is 22.6. The molecule has 5 rings (SSSR count). The average Bonchev–Trinajstić information content (AvgIpc) is 3.56. The van der Waals surface area contributed by atoms with E-state index in [1.54, 1.807) is 0 Å². The van der Waals surface area contributed by atoms with Gasteiger partial charge in [-0.2, -0.15) is 4.58 Å². The zero-order chi connectivity index (χ0) is 25.9. The van der Waals surface area contributed by atoms with E-state index in [2.05, 4.69) is 123 Å². The van der Waals surface area contributed by atoms with Crippen LogP contribution in [-0.4, -0.2) is 22.3 Å². The summed E-state index contributed by atoms with van der Waals surface area (Å²) in [5.41, 5.74) is 15.1. The number of unbranched alkanes of at least 4 members (excludes halogenated alkanes) is 1. The molecule has 0 fully saturated rings. The van der Waals surface area contributed by atoms with Crippen molar-refractivity contribution in [2.24, 2.45) is 0 Å². The molecular weight excluding hydrogens is 448 g/mol. The van der Waals surface area contributed by atoms with Crippen molar-refractivity contribution in [3.05, 3.63) is 130 Å². The fraction of sp³-hybridized carbons (Fsp3) is 0.229. The van der Waals surface area contributed by atoms with Crippen LogP contribution in [0, 0.1) is 13.8 Å². The van der Waals surface area contributed by atoms with Crippen LogP contribution in [0.5, 0.6) is 0 Å². The summed E-state index contributed by atoms with van der Waals surface area (Å²) in [4.78, 5) is 3.61. The first-order valence-corrected chi connectivity index (χ1v) is 13.4. The minimum Gasteiger partial charge on any atom is -0.355 e. The van der Waals surface area contributed by atoms with Gasteiger partial charge < -0.3 is 4.98 Å². The van der Waals surface area contributed by atoms with Crippen LogP contribution < -0.4 is 0 Å². The Morgan fingerprint density at radius 2 is 1.76 bits per heavy atom. The Morgan fingerprint density at radius 3 is 2.43 bits per heavy atom. The molecule has 2 heterocycles. The van der Waals surface area contributed by atoms with E-state index in [1.165, 1.54) is 69.6 Å². The second-order valence-electron chi connectivity index (χ2n) is 10.3. The number of aromatic nitrogens is 1. The molecule has 0 amide bonds. The van der Waals surface area contributed by atoms with Crippen LogP contribution >= 0.6 is 0 Å². The molecule has 1 aromatic heterocycles. The number of H-pyrrole nitrogens is 1. The lowest BCUT2D eigenvalue weighted by molar-refractivity contribution is -0.431. The molecule has 0 bridgehead atoms. The van der Waals surface area contributed by atoms with Gasteiger partial charge in [-0.25, -0.2) is 0 Å². The third-order valence-electron chi connectivity index (χ3n) is 7.52. The van der Waals surface area contributed by atoms with Gasteiger partial charge in [-0.05, 0) is 72.2 Å². The number of nitrogens with zero attached hydrogens (tertiary/aromatic N) is 1. The minimum absolute atomic E-state index is 0.988.